The van der Waals surface area contributed by atoms with E-state index in [0.29, 0.717) is 31.3 Å². The average Bonchev–Trinajstić information content (AvgIpc) is 2.77. The summed E-state index contributed by atoms with van der Waals surface area (Å²) in [5.41, 5.74) is 2.13. The average molecular weight is 422 g/mol. The molecule has 1 fully saturated rings. The molecule has 1 aliphatic heterocycles. The van der Waals surface area contributed by atoms with Crippen LogP contribution >= 0.6 is 11.6 Å². The fourth-order valence-corrected chi connectivity index (χ4v) is 2.27. The molecular weight excluding hydrogens is 390 g/mol. The Bertz CT molecular complexity index is 667. The summed E-state index contributed by atoms with van der Waals surface area (Å²) >= 11 is 5.74. The number of hydrogen-bond donors (Lipinski definition) is 0. The number of hydrogen-bond acceptors (Lipinski definition) is 4. The van der Waals surface area contributed by atoms with E-state index in [1.807, 2.05) is 32.1 Å². The quantitative estimate of drug-likeness (QED) is 0.305. The lowest BCUT2D eigenvalue weighted by Crippen LogP contribution is -2.47. The largest absolute Gasteiger partial charge is 0.385 e. The second kappa shape index (κ2) is 16.5. The van der Waals surface area contributed by atoms with E-state index in [-0.39, 0.29) is 5.91 Å². The number of ether oxygens (including phenoxy) is 1. The Kier molecular flexibility index (Phi) is 15.1. The first-order chi connectivity index (χ1) is 13.9. The van der Waals surface area contributed by atoms with Gasteiger partial charge in [-0.25, -0.2) is 4.98 Å². The van der Waals surface area contributed by atoms with Crippen molar-refractivity contribution in [2.45, 2.75) is 20.3 Å². The number of halogens is 1. The second-order valence-corrected chi connectivity index (χ2v) is 6.44. The molecule has 29 heavy (non-hydrogen) atoms. The van der Waals surface area contributed by atoms with Crippen LogP contribution in [-0.2, 0) is 20.7 Å². The second-order valence-electron chi connectivity index (χ2n) is 6.06. The first kappa shape index (κ1) is 26.6. The highest BCUT2D eigenvalue weighted by atomic mass is 35.5. The number of pyridine rings is 1. The molecule has 0 saturated carbocycles. The van der Waals surface area contributed by atoms with Gasteiger partial charge >= 0.3 is 0 Å². The van der Waals surface area contributed by atoms with E-state index < -0.39 is 0 Å². The van der Waals surface area contributed by atoms with Gasteiger partial charge in [-0.15, -0.1) is 0 Å². The van der Waals surface area contributed by atoms with Crippen molar-refractivity contribution in [1.82, 2.24) is 14.8 Å². The van der Waals surface area contributed by atoms with Gasteiger partial charge in [0, 0.05) is 52.0 Å². The number of rotatable bonds is 6. The van der Waals surface area contributed by atoms with Crippen molar-refractivity contribution < 1.29 is 14.3 Å². The van der Waals surface area contributed by atoms with E-state index in [1.165, 1.54) is 6.08 Å². The summed E-state index contributed by atoms with van der Waals surface area (Å²) in [6.07, 6.45) is 6.82. The summed E-state index contributed by atoms with van der Waals surface area (Å²) in [6, 6.07) is 5.63. The topological polar surface area (TPSA) is 62.7 Å². The van der Waals surface area contributed by atoms with Gasteiger partial charge in [0.25, 0.3) is 0 Å². The molecule has 1 aliphatic rings. The lowest BCUT2D eigenvalue weighted by atomic mass is 10.2. The molecule has 2 amide bonds. The Labute approximate surface area is 179 Å². The van der Waals surface area contributed by atoms with Crippen LogP contribution < -0.4 is 0 Å². The van der Waals surface area contributed by atoms with Crippen LogP contribution in [0.4, 0.5) is 0 Å². The smallest absolute Gasteiger partial charge is 0.246 e. The molecule has 0 radical (unpaired) electrons. The van der Waals surface area contributed by atoms with Crippen molar-refractivity contribution in [1.29, 1.82) is 0 Å². The van der Waals surface area contributed by atoms with Crippen LogP contribution in [0.15, 0.2) is 55.2 Å². The summed E-state index contributed by atoms with van der Waals surface area (Å²) in [5.74, 6) is -0.0550. The van der Waals surface area contributed by atoms with E-state index >= 15 is 0 Å². The van der Waals surface area contributed by atoms with Crippen LogP contribution in [0.3, 0.4) is 0 Å². The molecule has 0 spiro atoms. The van der Waals surface area contributed by atoms with Crippen molar-refractivity contribution in [2.75, 3.05) is 39.9 Å². The van der Waals surface area contributed by atoms with Gasteiger partial charge in [0.2, 0.25) is 12.3 Å². The molecule has 0 aromatic carbocycles. The van der Waals surface area contributed by atoms with Crippen LogP contribution in [0.25, 0.3) is 0 Å². The molecule has 0 aliphatic carbocycles. The van der Waals surface area contributed by atoms with Crippen LogP contribution in [0.5, 0.6) is 0 Å². The molecule has 1 aromatic rings. The molecule has 0 N–H and O–H groups in total. The summed E-state index contributed by atoms with van der Waals surface area (Å²) in [4.78, 5) is 28.9. The summed E-state index contributed by atoms with van der Waals surface area (Å²) in [5, 5.41) is 0.544. The van der Waals surface area contributed by atoms with Gasteiger partial charge in [-0.2, -0.15) is 0 Å². The lowest BCUT2D eigenvalue weighted by Gasteiger charge is -2.31. The maximum atomic E-state index is 11.1. The highest BCUT2D eigenvalue weighted by Crippen LogP contribution is 2.07. The first-order valence-corrected chi connectivity index (χ1v) is 9.79. The number of nitrogens with zero attached hydrogens (tertiary/aromatic N) is 3. The number of aromatic nitrogens is 1. The highest BCUT2D eigenvalue weighted by molar-refractivity contribution is 6.29. The van der Waals surface area contributed by atoms with Gasteiger partial charge < -0.3 is 14.5 Å². The SMILES string of the molecule is C=C/C(C)=C/Cc1cccc(Cl)n1.C=CC(=O)N1CCN(C=O)CC1.CCOC. The Morgan fingerprint density at radius 1 is 1.24 bits per heavy atom. The third kappa shape index (κ3) is 12.6. The van der Waals surface area contributed by atoms with Crippen LogP contribution in [-0.4, -0.2) is 67.0 Å². The Hall–Kier alpha value is -2.44. The molecule has 2 rings (SSSR count). The predicted octanol–water partition coefficient (Wildman–Crippen LogP) is 3.54. The summed E-state index contributed by atoms with van der Waals surface area (Å²) < 4.78 is 4.54. The third-order valence-corrected chi connectivity index (χ3v) is 4.18. The fourth-order valence-electron chi connectivity index (χ4n) is 2.09. The fraction of sp³-hybridized carbons (Fsp3) is 0.409. The minimum atomic E-state index is -0.0550. The lowest BCUT2D eigenvalue weighted by molar-refractivity contribution is -0.130. The zero-order chi connectivity index (χ0) is 22.1. The molecule has 1 aromatic heterocycles. The summed E-state index contributed by atoms with van der Waals surface area (Å²) in [7, 11) is 1.68. The van der Waals surface area contributed by atoms with Gasteiger partial charge in [0.1, 0.15) is 5.15 Å². The molecular formula is C22H32ClN3O3. The van der Waals surface area contributed by atoms with E-state index in [9.17, 15) is 9.59 Å². The minimum Gasteiger partial charge on any atom is -0.385 e. The molecule has 0 bridgehead atoms. The molecule has 0 atom stereocenters. The van der Waals surface area contributed by atoms with Gasteiger partial charge in [-0.3, -0.25) is 9.59 Å². The Balaban J connectivity index is 0.000000459. The monoisotopic (exact) mass is 421 g/mol. The van der Waals surface area contributed by atoms with Crippen molar-refractivity contribution in [2.24, 2.45) is 0 Å². The number of methoxy groups -OCH3 is 1. The molecule has 1 saturated heterocycles. The Morgan fingerprint density at radius 2 is 1.86 bits per heavy atom. The molecule has 160 valence electrons. The highest BCUT2D eigenvalue weighted by Gasteiger charge is 2.17. The van der Waals surface area contributed by atoms with Crippen LogP contribution in [0.2, 0.25) is 5.15 Å². The number of carbonyl (C=O) groups excluding carboxylic acids is 2. The molecule has 0 unspecified atom stereocenters. The van der Waals surface area contributed by atoms with Crippen molar-refractivity contribution in [3.05, 3.63) is 66.0 Å². The van der Waals surface area contributed by atoms with E-state index in [2.05, 4.69) is 29.0 Å². The zero-order valence-corrected chi connectivity index (χ0v) is 18.4. The van der Waals surface area contributed by atoms with E-state index in [0.717, 1.165) is 30.7 Å². The van der Waals surface area contributed by atoms with Gasteiger partial charge in [0.15, 0.2) is 0 Å². The number of amides is 2. The Morgan fingerprint density at radius 3 is 2.31 bits per heavy atom. The van der Waals surface area contributed by atoms with Crippen LogP contribution in [0.1, 0.15) is 19.5 Å². The number of allylic oxidation sites excluding steroid dienone is 3. The van der Waals surface area contributed by atoms with Crippen molar-refractivity contribution in [3.8, 4) is 0 Å². The first-order valence-electron chi connectivity index (χ1n) is 9.42. The van der Waals surface area contributed by atoms with Crippen molar-refractivity contribution >= 4 is 23.9 Å². The number of carbonyl (C=O) groups is 2. The molecule has 2 heterocycles. The van der Waals surface area contributed by atoms with Gasteiger partial charge in [-0.05, 0) is 32.1 Å². The van der Waals surface area contributed by atoms with E-state index in [1.54, 1.807) is 23.0 Å². The maximum Gasteiger partial charge on any atom is 0.246 e. The standard InChI is InChI=1S/C11H12ClN.C8H12N2O2.C3H8O/c1-3-9(2)7-8-10-5-4-6-11(12)13-10;1-2-8(12)10-5-3-9(7-11)4-6-10;1-3-4-2/h3-7H,1,8H2,2H3;2,7H,1,3-6H2;3H2,1-2H3/b9-7+;;. The number of piperazine rings is 1. The normalized spacial score (nSPS) is 13.3. The predicted molar refractivity (Wildman–Crippen MR) is 119 cm³/mol. The summed E-state index contributed by atoms with van der Waals surface area (Å²) in [6.45, 7) is 14.4. The molecule has 6 nitrogen and oxygen atoms in total. The van der Waals surface area contributed by atoms with Crippen LogP contribution in [0, 0.1) is 0 Å². The maximum absolute atomic E-state index is 11.1. The zero-order valence-electron chi connectivity index (χ0n) is 17.6. The van der Waals surface area contributed by atoms with E-state index in [4.69, 9.17) is 11.6 Å². The van der Waals surface area contributed by atoms with Crippen molar-refractivity contribution in [3.63, 3.8) is 0 Å². The van der Waals surface area contributed by atoms with Gasteiger partial charge in [-0.1, -0.05) is 48.6 Å². The third-order valence-electron chi connectivity index (χ3n) is 3.97. The minimum absolute atomic E-state index is 0.0550. The van der Waals surface area contributed by atoms with Gasteiger partial charge in [0.05, 0.1) is 0 Å². The molecule has 7 heteroatoms.